The highest BCUT2D eigenvalue weighted by atomic mass is 79.9. The summed E-state index contributed by atoms with van der Waals surface area (Å²) in [5.41, 5.74) is 0.508. The summed E-state index contributed by atoms with van der Waals surface area (Å²) in [5, 5.41) is 10.6. The Balaban J connectivity index is 3.06. The van der Waals surface area contributed by atoms with Crippen LogP contribution in [-0.2, 0) is 11.2 Å². The van der Waals surface area contributed by atoms with Gasteiger partial charge in [-0.1, -0.05) is 52.3 Å². The van der Waals surface area contributed by atoms with Gasteiger partial charge in [-0.15, -0.1) is 0 Å². The molecule has 19 heavy (non-hydrogen) atoms. The summed E-state index contributed by atoms with van der Waals surface area (Å²) in [6, 6.07) is 3.07. The van der Waals surface area contributed by atoms with E-state index in [1.165, 1.54) is 6.07 Å². The van der Waals surface area contributed by atoms with Crippen molar-refractivity contribution in [2.24, 2.45) is 0 Å². The molecule has 0 atom stereocenters. The standard InChI is InChI=1S/C13H11BrCl2O3/c1-7(15)5-10-11(14)4-3-9(12(10)17)13(18)19-6-8(2)16/h3-4,17H,1-2,5-6H2. The van der Waals surface area contributed by atoms with Crippen molar-refractivity contribution >= 4 is 45.1 Å². The molecule has 0 unspecified atom stereocenters. The highest BCUT2D eigenvalue weighted by Crippen LogP contribution is 2.32. The third-order valence-electron chi connectivity index (χ3n) is 2.17. The van der Waals surface area contributed by atoms with Gasteiger partial charge in [-0.3, -0.25) is 0 Å². The number of carbonyl (C=O) groups is 1. The number of phenolic OH excluding ortho intramolecular Hbond substituents is 1. The van der Waals surface area contributed by atoms with Gasteiger partial charge < -0.3 is 9.84 Å². The van der Waals surface area contributed by atoms with Gasteiger partial charge in [0.2, 0.25) is 0 Å². The first-order valence-electron chi connectivity index (χ1n) is 5.17. The first kappa shape index (κ1) is 16.1. The van der Waals surface area contributed by atoms with Crippen LogP contribution in [0.15, 0.2) is 39.8 Å². The molecule has 0 fully saturated rings. The molecule has 0 saturated carbocycles. The van der Waals surface area contributed by atoms with Crippen LogP contribution in [-0.4, -0.2) is 17.7 Å². The zero-order valence-electron chi connectivity index (χ0n) is 9.88. The molecule has 0 aromatic heterocycles. The number of carbonyl (C=O) groups excluding carboxylic acids is 1. The molecule has 1 N–H and O–H groups in total. The van der Waals surface area contributed by atoms with E-state index in [9.17, 15) is 9.90 Å². The van der Waals surface area contributed by atoms with E-state index >= 15 is 0 Å². The fourth-order valence-electron chi connectivity index (χ4n) is 1.36. The minimum absolute atomic E-state index is 0.0361. The van der Waals surface area contributed by atoms with E-state index < -0.39 is 5.97 Å². The Morgan fingerprint density at radius 2 is 1.95 bits per heavy atom. The van der Waals surface area contributed by atoms with Gasteiger partial charge in [-0.05, 0) is 12.1 Å². The topological polar surface area (TPSA) is 46.5 Å². The van der Waals surface area contributed by atoms with E-state index in [1.54, 1.807) is 6.07 Å². The molecule has 1 rings (SSSR count). The van der Waals surface area contributed by atoms with Crippen molar-refractivity contribution in [3.05, 3.63) is 51.0 Å². The molecule has 1 aromatic rings. The number of phenols is 1. The van der Waals surface area contributed by atoms with Gasteiger partial charge in [-0.2, -0.15) is 0 Å². The van der Waals surface area contributed by atoms with Crippen LogP contribution in [0.3, 0.4) is 0 Å². The fraction of sp³-hybridized carbons (Fsp3) is 0.154. The predicted molar refractivity (Wildman–Crippen MR) is 79.8 cm³/mol. The molecule has 0 aliphatic heterocycles. The molecular weight excluding hydrogens is 355 g/mol. The molecule has 0 bridgehead atoms. The van der Waals surface area contributed by atoms with Crippen LogP contribution >= 0.6 is 39.1 Å². The summed E-state index contributed by atoms with van der Waals surface area (Å²) in [7, 11) is 0. The normalized spacial score (nSPS) is 10.1. The van der Waals surface area contributed by atoms with Crippen LogP contribution in [0.1, 0.15) is 15.9 Å². The number of aromatic hydroxyl groups is 1. The van der Waals surface area contributed by atoms with E-state index in [1.807, 2.05) is 0 Å². The van der Waals surface area contributed by atoms with Crippen molar-refractivity contribution in [2.75, 3.05) is 6.61 Å². The first-order valence-corrected chi connectivity index (χ1v) is 6.71. The monoisotopic (exact) mass is 364 g/mol. The van der Waals surface area contributed by atoms with Crippen molar-refractivity contribution < 1.29 is 14.6 Å². The molecule has 0 spiro atoms. The quantitative estimate of drug-likeness (QED) is 0.788. The summed E-state index contributed by atoms with van der Waals surface area (Å²) in [5.74, 6) is -0.880. The van der Waals surface area contributed by atoms with Gasteiger partial charge in [0.15, 0.2) is 0 Å². The maximum atomic E-state index is 11.8. The number of hydrogen-bond acceptors (Lipinski definition) is 3. The molecule has 0 amide bonds. The van der Waals surface area contributed by atoms with E-state index in [2.05, 4.69) is 29.1 Å². The Labute approximate surface area is 129 Å². The van der Waals surface area contributed by atoms with E-state index in [-0.39, 0.29) is 29.4 Å². The molecule has 0 aliphatic rings. The molecule has 3 nitrogen and oxygen atoms in total. The second-order valence-electron chi connectivity index (χ2n) is 3.71. The van der Waals surface area contributed by atoms with Crippen LogP contribution in [0.4, 0.5) is 0 Å². The largest absolute Gasteiger partial charge is 0.507 e. The van der Waals surface area contributed by atoms with Gasteiger partial charge in [-0.25, -0.2) is 4.79 Å². The van der Waals surface area contributed by atoms with Crippen LogP contribution < -0.4 is 0 Å². The molecule has 1 aromatic carbocycles. The number of hydrogen-bond donors (Lipinski definition) is 1. The average molecular weight is 366 g/mol. The Kier molecular flexibility index (Phi) is 5.91. The van der Waals surface area contributed by atoms with Crippen LogP contribution in [0.2, 0.25) is 0 Å². The van der Waals surface area contributed by atoms with E-state index in [0.717, 1.165) is 0 Å². The van der Waals surface area contributed by atoms with Crippen molar-refractivity contribution in [3.63, 3.8) is 0 Å². The minimum atomic E-state index is -0.687. The third kappa shape index (κ3) is 4.56. The van der Waals surface area contributed by atoms with E-state index in [0.29, 0.717) is 15.1 Å². The highest BCUT2D eigenvalue weighted by molar-refractivity contribution is 9.10. The van der Waals surface area contributed by atoms with Crippen LogP contribution in [0, 0.1) is 0 Å². The maximum absolute atomic E-state index is 11.8. The van der Waals surface area contributed by atoms with E-state index in [4.69, 9.17) is 27.9 Å². The molecular formula is C13H11BrCl2O3. The zero-order chi connectivity index (χ0) is 14.6. The lowest BCUT2D eigenvalue weighted by atomic mass is 10.1. The fourth-order valence-corrected chi connectivity index (χ4v) is 2.01. The maximum Gasteiger partial charge on any atom is 0.342 e. The SMILES string of the molecule is C=C(Cl)COC(=O)c1ccc(Br)c(CC(=C)Cl)c1O. The predicted octanol–water partition coefficient (Wildman–Crippen LogP) is 4.36. The summed E-state index contributed by atoms with van der Waals surface area (Å²) >= 11 is 14.5. The smallest absolute Gasteiger partial charge is 0.342 e. The van der Waals surface area contributed by atoms with Crippen LogP contribution in [0.5, 0.6) is 5.75 Å². The van der Waals surface area contributed by atoms with Crippen LogP contribution in [0.25, 0.3) is 0 Å². The number of esters is 1. The molecule has 102 valence electrons. The Hall–Kier alpha value is -0.970. The number of halogens is 3. The lowest BCUT2D eigenvalue weighted by molar-refractivity contribution is 0.0542. The second kappa shape index (κ2) is 6.98. The van der Waals surface area contributed by atoms with Crippen molar-refractivity contribution in [2.45, 2.75) is 6.42 Å². The number of benzene rings is 1. The van der Waals surface area contributed by atoms with Crippen molar-refractivity contribution in [1.82, 2.24) is 0 Å². The Bertz CT molecular complexity index is 541. The summed E-state index contributed by atoms with van der Waals surface area (Å²) in [4.78, 5) is 11.8. The van der Waals surface area contributed by atoms with Gasteiger partial charge in [0, 0.05) is 26.5 Å². The zero-order valence-corrected chi connectivity index (χ0v) is 13.0. The number of rotatable bonds is 5. The Morgan fingerprint density at radius 3 is 2.47 bits per heavy atom. The summed E-state index contributed by atoms with van der Waals surface area (Å²) in [6.07, 6.45) is 0.233. The summed E-state index contributed by atoms with van der Waals surface area (Å²) in [6.45, 7) is 6.84. The minimum Gasteiger partial charge on any atom is -0.507 e. The second-order valence-corrected chi connectivity index (χ2v) is 5.63. The van der Waals surface area contributed by atoms with Gasteiger partial charge in [0.1, 0.15) is 17.9 Å². The molecule has 0 aliphatic carbocycles. The number of allylic oxidation sites excluding steroid dienone is 1. The molecule has 6 heteroatoms. The molecule has 0 heterocycles. The summed E-state index contributed by atoms with van der Waals surface area (Å²) < 4.78 is 5.50. The Morgan fingerprint density at radius 1 is 1.32 bits per heavy atom. The van der Waals surface area contributed by atoms with Gasteiger partial charge >= 0.3 is 5.97 Å². The molecule has 0 saturated heterocycles. The van der Waals surface area contributed by atoms with Gasteiger partial charge in [0.05, 0.1) is 0 Å². The average Bonchev–Trinajstić information content (AvgIpc) is 2.31. The van der Waals surface area contributed by atoms with Crippen molar-refractivity contribution in [3.8, 4) is 5.75 Å². The molecule has 0 radical (unpaired) electrons. The van der Waals surface area contributed by atoms with Gasteiger partial charge in [0.25, 0.3) is 0 Å². The lowest BCUT2D eigenvalue weighted by Gasteiger charge is -2.11. The highest BCUT2D eigenvalue weighted by Gasteiger charge is 2.18. The van der Waals surface area contributed by atoms with Crippen molar-refractivity contribution in [1.29, 1.82) is 0 Å². The first-order chi connectivity index (χ1) is 8.82. The third-order valence-corrected chi connectivity index (χ3v) is 3.16. The number of ether oxygens (including phenoxy) is 1. The lowest BCUT2D eigenvalue weighted by Crippen LogP contribution is -2.08.